The number of aromatic nitrogens is 4. The van der Waals surface area contributed by atoms with Gasteiger partial charge in [-0.1, -0.05) is 50.2 Å². The summed E-state index contributed by atoms with van der Waals surface area (Å²) in [6.07, 6.45) is 1.77. The van der Waals surface area contributed by atoms with E-state index in [2.05, 4.69) is 46.5 Å². The summed E-state index contributed by atoms with van der Waals surface area (Å²) in [6.45, 7) is 8.13. The topological polar surface area (TPSA) is 84.7 Å². The largest absolute Gasteiger partial charge is 0.369 e. The van der Waals surface area contributed by atoms with Crippen LogP contribution in [0.1, 0.15) is 31.1 Å². The van der Waals surface area contributed by atoms with Crippen LogP contribution in [0.2, 0.25) is 5.02 Å². The van der Waals surface area contributed by atoms with Gasteiger partial charge in [0.1, 0.15) is 5.82 Å². The van der Waals surface area contributed by atoms with E-state index in [1.54, 1.807) is 46.9 Å². The van der Waals surface area contributed by atoms with E-state index in [-0.39, 0.29) is 5.91 Å². The normalized spacial score (nSPS) is 11.2. The Balaban J connectivity index is 1.74. The molecule has 2 heterocycles. The van der Waals surface area contributed by atoms with Gasteiger partial charge in [-0.25, -0.2) is 14.6 Å². The molecule has 0 atom stereocenters. The molecule has 0 fully saturated rings. The van der Waals surface area contributed by atoms with E-state index in [1.807, 2.05) is 0 Å². The van der Waals surface area contributed by atoms with Gasteiger partial charge >= 0.3 is 0 Å². The fraction of sp³-hybridized carbons (Fsp3) is 0.400. The Kier molecular flexibility index (Phi) is 7.33. The summed E-state index contributed by atoms with van der Waals surface area (Å²) in [5.41, 5.74) is 1.30. The fourth-order valence-corrected chi connectivity index (χ4v) is 3.49. The lowest BCUT2D eigenvalue weighted by molar-refractivity contribution is 0.0952. The first-order valence-corrected chi connectivity index (χ1v) is 11.0. The van der Waals surface area contributed by atoms with Gasteiger partial charge in [0.15, 0.2) is 10.8 Å². The number of hydrogen-bond donors (Lipinski definition) is 2. The number of halogens is 1. The minimum Gasteiger partial charge on any atom is -0.369 e. The van der Waals surface area contributed by atoms with Gasteiger partial charge in [0.05, 0.1) is 18.1 Å². The Morgan fingerprint density at radius 2 is 2.14 bits per heavy atom. The molecule has 0 bridgehead atoms. The third-order valence-corrected chi connectivity index (χ3v) is 5.09. The van der Waals surface area contributed by atoms with Crippen molar-refractivity contribution in [1.29, 1.82) is 0 Å². The summed E-state index contributed by atoms with van der Waals surface area (Å²) in [6, 6.07) is 6.88. The molecule has 0 radical (unpaired) electrons. The van der Waals surface area contributed by atoms with E-state index in [0.717, 1.165) is 34.3 Å². The van der Waals surface area contributed by atoms with Crippen molar-refractivity contribution < 1.29 is 4.79 Å². The van der Waals surface area contributed by atoms with Gasteiger partial charge in [-0.05, 0) is 29.9 Å². The maximum Gasteiger partial charge on any atom is 0.251 e. The van der Waals surface area contributed by atoms with Crippen molar-refractivity contribution in [2.45, 2.75) is 32.5 Å². The van der Waals surface area contributed by atoms with Crippen LogP contribution < -0.4 is 10.6 Å². The van der Waals surface area contributed by atoms with Crippen LogP contribution in [0.3, 0.4) is 0 Å². The van der Waals surface area contributed by atoms with Crippen molar-refractivity contribution in [2.75, 3.05) is 24.2 Å². The minimum atomic E-state index is -0.167. The third-order valence-electron chi connectivity index (χ3n) is 4.12. The zero-order valence-electron chi connectivity index (χ0n) is 16.8. The van der Waals surface area contributed by atoms with Gasteiger partial charge < -0.3 is 10.6 Å². The molecule has 7 nitrogen and oxygen atoms in total. The number of amides is 1. The van der Waals surface area contributed by atoms with Crippen LogP contribution in [0, 0.1) is 5.92 Å². The zero-order valence-corrected chi connectivity index (χ0v) is 18.3. The van der Waals surface area contributed by atoms with E-state index in [4.69, 9.17) is 11.6 Å². The van der Waals surface area contributed by atoms with Gasteiger partial charge in [-0.3, -0.25) is 4.79 Å². The van der Waals surface area contributed by atoms with E-state index in [1.165, 1.54) is 0 Å². The van der Waals surface area contributed by atoms with Crippen LogP contribution in [0.4, 0.5) is 5.82 Å². The van der Waals surface area contributed by atoms with E-state index < -0.39 is 0 Å². The summed E-state index contributed by atoms with van der Waals surface area (Å²) < 4.78 is 1.80. The van der Waals surface area contributed by atoms with E-state index >= 15 is 0 Å². The number of carbonyl (C=O) groups excluding carboxylic acids is 1. The highest BCUT2D eigenvalue weighted by Gasteiger charge is 2.14. The Morgan fingerprint density at radius 3 is 2.86 bits per heavy atom. The number of nitrogens with zero attached hydrogens (tertiary/aromatic N) is 4. The number of fused-ring (bicyclic) bond motifs is 1. The average molecular weight is 433 g/mol. The Hall–Kier alpha value is -2.32. The number of rotatable bonds is 9. The molecule has 3 aromatic rings. The monoisotopic (exact) mass is 432 g/mol. The van der Waals surface area contributed by atoms with Crippen LogP contribution in [-0.2, 0) is 6.54 Å². The van der Waals surface area contributed by atoms with Crippen LogP contribution in [0.15, 0.2) is 35.6 Å². The second kappa shape index (κ2) is 9.93. The molecule has 0 saturated carbocycles. The van der Waals surface area contributed by atoms with Crippen molar-refractivity contribution in [3.63, 3.8) is 0 Å². The lowest BCUT2D eigenvalue weighted by Crippen LogP contribution is -2.27. The molecule has 29 heavy (non-hydrogen) atoms. The molecular formula is C20H25ClN6OS. The molecule has 2 aromatic heterocycles. The van der Waals surface area contributed by atoms with Crippen LogP contribution in [0.5, 0.6) is 0 Å². The van der Waals surface area contributed by atoms with Crippen molar-refractivity contribution in [2.24, 2.45) is 5.92 Å². The molecular weight excluding hydrogens is 408 g/mol. The second-order valence-electron chi connectivity index (χ2n) is 6.93. The van der Waals surface area contributed by atoms with Crippen molar-refractivity contribution in [3.05, 3.63) is 41.0 Å². The highest BCUT2D eigenvalue weighted by Crippen LogP contribution is 2.24. The third kappa shape index (κ3) is 5.61. The van der Waals surface area contributed by atoms with Gasteiger partial charge in [0.25, 0.3) is 5.91 Å². The smallest absolute Gasteiger partial charge is 0.251 e. The molecule has 0 saturated heterocycles. The SMILES string of the molecule is CCSc1nc(NCC(C)C)c2cnn(CCNC(=O)c3cccc(Cl)c3)c2n1. The molecule has 1 aromatic carbocycles. The molecule has 0 spiro atoms. The summed E-state index contributed by atoms with van der Waals surface area (Å²) >= 11 is 7.55. The standard InChI is InChI=1S/C20H25ClN6OS/c1-4-29-20-25-17(23-11-13(2)3)16-12-24-27(18(16)26-20)9-8-22-19(28)14-6-5-7-15(21)10-14/h5-7,10,12-13H,4,8-9,11H2,1-3H3,(H,22,28)(H,23,25,26). The first-order valence-electron chi connectivity index (χ1n) is 9.62. The second-order valence-corrected chi connectivity index (χ2v) is 8.60. The minimum absolute atomic E-state index is 0.167. The molecule has 0 aliphatic carbocycles. The molecule has 154 valence electrons. The predicted octanol–water partition coefficient (Wildman–Crippen LogP) is 4.09. The molecule has 2 N–H and O–H groups in total. The van der Waals surface area contributed by atoms with E-state index in [0.29, 0.717) is 29.6 Å². The summed E-state index contributed by atoms with van der Waals surface area (Å²) in [5.74, 6) is 2.02. The zero-order chi connectivity index (χ0) is 20.8. The lowest BCUT2D eigenvalue weighted by atomic mass is 10.2. The quantitative estimate of drug-likeness (QED) is 0.391. The van der Waals surface area contributed by atoms with Gasteiger partial charge in [-0.15, -0.1) is 0 Å². The van der Waals surface area contributed by atoms with Crippen molar-refractivity contribution in [1.82, 2.24) is 25.1 Å². The first kappa shape index (κ1) is 21.4. The molecule has 0 aliphatic rings. The first-order chi connectivity index (χ1) is 14.0. The molecule has 0 unspecified atom stereocenters. The van der Waals surface area contributed by atoms with Crippen LogP contribution in [-0.4, -0.2) is 44.5 Å². The Bertz CT molecular complexity index is 990. The molecule has 0 aliphatic heterocycles. The van der Waals surface area contributed by atoms with Crippen molar-refractivity contribution in [3.8, 4) is 0 Å². The maximum absolute atomic E-state index is 12.3. The average Bonchev–Trinajstić information content (AvgIpc) is 3.09. The Morgan fingerprint density at radius 1 is 1.31 bits per heavy atom. The number of nitrogens with one attached hydrogen (secondary N) is 2. The summed E-state index contributed by atoms with van der Waals surface area (Å²) in [4.78, 5) is 21.6. The number of carbonyl (C=O) groups is 1. The van der Waals surface area contributed by atoms with E-state index in [9.17, 15) is 4.79 Å². The molecule has 9 heteroatoms. The summed E-state index contributed by atoms with van der Waals surface area (Å²) in [7, 11) is 0. The van der Waals surface area contributed by atoms with Crippen LogP contribution in [0.25, 0.3) is 11.0 Å². The number of benzene rings is 1. The highest BCUT2D eigenvalue weighted by atomic mass is 35.5. The number of thioether (sulfide) groups is 1. The number of hydrogen-bond acceptors (Lipinski definition) is 6. The predicted molar refractivity (Wildman–Crippen MR) is 119 cm³/mol. The van der Waals surface area contributed by atoms with Crippen molar-refractivity contribution >= 4 is 46.1 Å². The molecule has 3 rings (SSSR count). The Labute approximate surface area is 179 Å². The van der Waals surface area contributed by atoms with Crippen LogP contribution >= 0.6 is 23.4 Å². The fourth-order valence-electron chi connectivity index (χ4n) is 2.74. The van der Waals surface area contributed by atoms with Gasteiger partial charge in [0, 0.05) is 23.7 Å². The maximum atomic E-state index is 12.3. The number of anilines is 1. The van der Waals surface area contributed by atoms with Gasteiger partial charge in [-0.2, -0.15) is 5.10 Å². The van der Waals surface area contributed by atoms with Gasteiger partial charge in [0.2, 0.25) is 0 Å². The molecule has 1 amide bonds. The highest BCUT2D eigenvalue weighted by molar-refractivity contribution is 7.99. The summed E-state index contributed by atoms with van der Waals surface area (Å²) in [5, 5.41) is 12.9. The lowest BCUT2D eigenvalue weighted by Gasteiger charge is -2.11.